The molecular weight excluding hydrogens is 557 g/mol. The van der Waals surface area contributed by atoms with Crippen molar-refractivity contribution >= 4 is 44.8 Å². The van der Waals surface area contributed by atoms with Crippen molar-refractivity contribution in [3.63, 3.8) is 0 Å². The molecule has 0 unspecified atom stereocenters. The molecular formula is C28H29Cl2N5O3S. The fraction of sp³-hybridized carbons (Fsp3) is 0.321. The third-order valence-corrected chi connectivity index (χ3v) is 8.44. The molecule has 0 aliphatic heterocycles. The molecule has 0 bridgehead atoms. The van der Waals surface area contributed by atoms with E-state index in [0.717, 1.165) is 47.9 Å². The molecule has 39 heavy (non-hydrogen) atoms. The lowest BCUT2D eigenvalue weighted by Gasteiger charge is -2.38. The summed E-state index contributed by atoms with van der Waals surface area (Å²) in [5.74, 6) is -0.334. The molecule has 0 saturated heterocycles. The van der Waals surface area contributed by atoms with Gasteiger partial charge in [-0.25, -0.2) is 22.6 Å². The number of rotatable bonds is 7. The van der Waals surface area contributed by atoms with Crippen LogP contribution in [0.2, 0.25) is 10.0 Å². The quantitative estimate of drug-likeness (QED) is 0.291. The number of sulfonamides is 1. The second-order valence-electron chi connectivity index (χ2n) is 10.1. The number of hydrogen-bond acceptors (Lipinski definition) is 5. The summed E-state index contributed by atoms with van der Waals surface area (Å²) < 4.78 is 28.0. The zero-order chi connectivity index (χ0) is 27.8. The average Bonchev–Trinajstić information content (AvgIpc) is 3.24. The zero-order valence-corrected chi connectivity index (χ0v) is 24.0. The molecule has 1 aliphatic rings. The molecule has 2 heterocycles. The summed E-state index contributed by atoms with van der Waals surface area (Å²) >= 11 is 12.8. The number of carbonyl (C=O) groups excluding carboxylic acids is 1. The summed E-state index contributed by atoms with van der Waals surface area (Å²) in [6, 6.07) is 14.9. The minimum Gasteiger partial charge on any atom is -0.345 e. The first-order valence-electron chi connectivity index (χ1n) is 12.7. The number of carbonyl (C=O) groups is 1. The van der Waals surface area contributed by atoms with E-state index in [2.05, 4.69) is 15.0 Å². The van der Waals surface area contributed by atoms with E-state index in [1.54, 1.807) is 29.8 Å². The van der Waals surface area contributed by atoms with Crippen LogP contribution in [0.25, 0.3) is 28.0 Å². The van der Waals surface area contributed by atoms with Gasteiger partial charge in [-0.2, -0.15) is 5.10 Å². The van der Waals surface area contributed by atoms with Crippen LogP contribution in [0, 0.1) is 6.92 Å². The minimum atomic E-state index is -3.42. The summed E-state index contributed by atoms with van der Waals surface area (Å²) in [6.07, 6.45) is 7.04. The largest absolute Gasteiger partial charge is 0.345 e. The standard InChI is InChI=1S/C28H29Cl2N5O3S/c1-18-24(27(36)33-28(14-6-3-7-15-28)17-32-39(2,37)38)26-31-16-22(21-8-4-5-9-23(21)30)25(35(26)34-18)19-10-12-20(29)13-11-19/h4-5,8-13,16,32H,3,6-7,14-15,17H2,1-2H3,(H,33,36). The molecule has 0 atom stereocenters. The van der Waals surface area contributed by atoms with E-state index in [0.29, 0.717) is 39.8 Å². The Balaban J connectivity index is 1.63. The SMILES string of the molecule is Cc1nn2c(-c3ccc(Cl)cc3)c(-c3ccccc3Cl)cnc2c1C(=O)NC1(CNS(C)(=O)=O)CCCCC1. The number of hydrogen-bond donors (Lipinski definition) is 2. The number of aromatic nitrogens is 3. The highest BCUT2D eigenvalue weighted by Crippen LogP contribution is 2.37. The highest BCUT2D eigenvalue weighted by Gasteiger charge is 2.36. The van der Waals surface area contributed by atoms with Crippen molar-refractivity contribution in [3.05, 3.63) is 76.0 Å². The average molecular weight is 587 g/mol. The third kappa shape index (κ3) is 5.82. The maximum absolute atomic E-state index is 13.8. The van der Waals surface area contributed by atoms with E-state index < -0.39 is 15.6 Å². The molecule has 0 spiro atoms. The molecule has 204 valence electrons. The summed E-state index contributed by atoms with van der Waals surface area (Å²) in [5.41, 5.74) is 3.66. The van der Waals surface area contributed by atoms with Crippen LogP contribution < -0.4 is 10.0 Å². The van der Waals surface area contributed by atoms with Gasteiger partial charge >= 0.3 is 0 Å². The molecule has 1 fully saturated rings. The van der Waals surface area contributed by atoms with E-state index in [4.69, 9.17) is 28.3 Å². The van der Waals surface area contributed by atoms with E-state index >= 15 is 0 Å². The van der Waals surface area contributed by atoms with Gasteiger partial charge in [0.25, 0.3) is 5.91 Å². The number of amides is 1. The van der Waals surface area contributed by atoms with Crippen LogP contribution in [0.4, 0.5) is 0 Å². The molecule has 1 amide bonds. The predicted octanol–water partition coefficient (Wildman–Crippen LogP) is 5.66. The van der Waals surface area contributed by atoms with E-state index in [1.165, 1.54) is 0 Å². The lowest BCUT2D eigenvalue weighted by Crippen LogP contribution is -2.56. The van der Waals surface area contributed by atoms with Gasteiger partial charge in [-0.1, -0.05) is 72.8 Å². The van der Waals surface area contributed by atoms with Crippen molar-refractivity contribution in [1.29, 1.82) is 0 Å². The Labute approximate surface area is 237 Å². The fourth-order valence-electron chi connectivity index (χ4n) is 5.27. The first-order valence-corrected chi connectivity index (χ1v) is 15.4. The van der Waals surface area contributed by atoms with Gasteiger partial charge < -0.3 is 5.32 Å². The van der Waals surface area contributed by atoms with Crippen LogP contribution in [0.5, 0.6) is 0 Å². The first-order chi connectivity index (χ1) is 18.6. The normalized spacial score (nSPS) is 15.4. The van der Waals surface area contributed by atoms with Gasteiger partial charge in [0, 0.05) is 39.5 Å². The van der Waals surface area contributed by atoms with E-state index in [-0.39, 0.29) is 12.5 Å². The van der Waals surface area contributed by atoms with Gasteiger partial charge in [-0.15, -0.1) is 0 Å². The van der Waals surface area contributed by atoms with Gasteiger partial charge in [0.15, 0.2) is 5.65 Å². The fourth-order valence-corrected chi connectivity index (χ4v) is 6.17. The number of nitrogens with one attached hydrogen (secondary N) is 2. The Kier molecular flexibility index (Phi) is 7.70. The molecule has 1 aliphatic carbocycles. The lowest BCUT2D eigenvalue weighted by atomic mass is 9.81. The third-order valence-electron chi connectivity index (χ3n) is 7.19. The number of nitrogens with zero attached hydrogens (tertiary/aromatic N) is 3. The van der Waals surface area contributed by atoms with Gasteiger partial charge in [0.1, 0.15) is 5.56 Å². The van der Waals surface area contributed by atoms with Crippen molar-refractivity contribution in [2.45, 2.75) is 44.6 Å². The smallest absolute Gasteiger partial charge is 0.257 e. The monoisotopic (exact) mass is 585 g/mol. The Bertz CT molecular complexity index is 1650. The van der Waals surface area contributed by atoms with Crippen LogP contribution in [0.1, 0.15) is 48.2 Å². The second-order valence-corrected chi connectivity index (χ2v) is 12.8. The van der Waals surface area contributed by atoms with Crippen LogP contribution in [0.3, 0.4) is 0 Å². The van der Waals surface area contributed by atoms with Gasteiger partial charge in [0.2, 0.25) is 10.0 Å². The van der Waals surface area contributed by atoms with Crippen LogP contribution in [-0.4, -0.2) is 47.3 Å². The molecule has 2 N–H and O–H groups in total. The van der Waals surface area contributed by atoms with E-state index in [1.807, 2.05) is 36.4 Å². The maximum Gasteiger partial charge on any atom is 0.257 e. The Morgan fingerprint density at radius 1 is 1.03 bits per heavy atom. The number of aryl methyl sites for hydroxylation is 1. The Morgan fingerprint density at radius 2 is 1.72 bits per heavy atom. The van der Waals surface area contributed by atoms with Crippen LogP contribution >= 0.6 is 23.2 Å². The van der Waals surface area contributed by atoms with Crippen molar-refractivity contribution in [2.75, 3.05) is 12.8 Å². The number of halogens is 2. The molecule has 0 radical (unpaired) electrons. The number of benzene rings is 2. The van der Waals surface area contributed by atoms with E-state index in [9.17, 15) is 13.2 Å². The van der Waals surface area contributed by atoms with Gasteiger partial charge in [-0.05, 0) is 38.0 Å². The van der Waals surface area contributed by atoms with Crippen LogP contribution in [-0.2, 0) is 10.0 Å². The summed E-state index contributed by atoms with van der Waals surface area (Å²) in [4.78, 5) is 18.5. The highest BCUT2D eigenvalue weighted by molar-refractivity contribution is 7.88. The summed E-state index contributed by atoms with van der Waals surface area (Å²) in [5, 5.41) is 9.08. The van der Waals surface area contributed by atoms with Gasteiger partial charge in [0.05, 0.1) is 23.2 Å². The molecule has 11 heteroatoms. The highest BCUT2D eigenvalue weighted by atomic mass is 35.5. The van der Waals surface area contributed by atoms with Crippen molar-refractivity contribution in [3.8, 4) is 22.4 Å². The summed E-state index contributed by atoms with van der Waals surface area (Å²) in [7, 11) is -3.42. The Morgan fingerprint density at radius 3 is 2.38 bits per heavy atom. The maximum atomic E-state index is 13.8. The molecule has 8 nitrogen and oxygen atoms in total. The van der Waals surface area contributed by atoms with Crippen LogP contribution in [0.15, 0.2) is 54.7 Å². The van der Waals surface area contributed by atoms with Crippen molar-refractivity contribution in [1.82, 2.24) is 24.6 Å². The second kappa shape index (κ2) is 10.9. The number of fused-ring (bicyclic) bond motifs is 1. The minimum absolute atomic E-state index is 0.135. The predicted molar refractivity (Wildman–Crippen MR) is 155 cm³/mol. The lowest BCUT2D eigenvalue weighted by molar-refractivity contribution is 0.0872. The topological polar surface area (TPSA) is 105 Å². The molecule has 2 aromatic heterocycles. The molecule has 2 aromatic carbocycles. The zero-order valence-electron chi connectivity index (χ0n) is 21.7. The van der Waals surface area contributed by atoms with Crippen molar-refractivity contribution in [2.24, 2.45) is 0 Å². The Hall–Kier alpha value is -2.98. The molecule has 5 rings (SSSR count). The first kappa shape index (κ1) is 27.6. The molecule has 4 aromatic rings. The van der Waals surface area contributed by atoms with Crippen molar-refractivity contribution < 1.29 is 13.2 Å². The molecule has 1 saturated carbocycles. The van der Waals surface area contributed by atoms with Gasteiger partial charge in [-0.3, -0.25) is 4.79 Å². The summed E-state index contributed by atoms with van der Waals surface area (Å²) in [6.45, 7) is 1.91.